The molecule has 1 aliphatic rings. The molecular formula is C13H16N2O3. The first-order chi connectivity index (χ1) is 8.66. The Bertz CT molecular complexity index is 436. The van der Waals surface area contributed by atoms with Gasteiger partial charge in [0.2, 0.25) is 0 Å². The molecule has 0 spiro atoms. The zero-order valence-electron chi connectivity index (χ0n) is 10.1. The molecule has 5 nitrogen and oxygen atoms in total. The van der Waals surface area contributed by atoms with Crippen LogP contribution in [0.2, 0.25) is 0 Å². The number of carbonyl (C=O) groups is 2. The maximum absolute atomic E-state index is 11.8. The molecule has 2 N–H and O–H groups in total. The highest BCUT2D eigenvalue weighted by atomic mass is 16.4. The molecule has 0 unspecified atom stereocenters. The predicted octanol–water partition coefficient (Wildman–Crippen LogP) is 1.70. The predicted molar refractivity (Wildman–Crippen MR) is 65.5 cm³/mol. The number of hydrogen-bond donors (Lipinski definition) is 2. The third-order valence-corrected chi connectivity index (χ3v) is 3.27. The molecule has 0 aliphatic heterocycles. The highest BCUT2D eigenvalue weighted by Crippen LogP contribution is 2.23. The SMILES string of the molecule is O=C(NCC1CCCC1)c1ccc(C(=O)O)nc1. The van der Waals surface area contributed by atoms with Crippen molar-refractivity contribution in [1.82, 2.24) is 10.3 Å². The number of carboxylic acids is 1. The molecule has 2 rings (SSSR count). The average Bonchev–Trinajstić information content (AvgIpc) is 2.89. The molecule has 0 radical (unpaired) electrons. The zero-order valence-corrected chi connectivity index (χ0v) is 10.1. The lowest BCUT2D eigenvalue weighted by Gasteiger charge is -2.10. The first kappa shape index (κ1) is 12.5. The van der Waals surface area contributed by atoms with E-state index in [2.05, 4.69) is 10.3 Å². The van der Waals surface area contributed by atoms with Crippen molar-refractivity contribution in [3.05, 3.63) is 29.6 Å². The number of pyridine rings is 1. The topological polar surface area (TPSA) is 79.3 Å². The summed E-state index contributed by atoms with van der Waals surface area (Å²) in [4.78, 5) is 26.1. The third-order valence-electron chi connectivity index (χ3n) is 3.27. The van der Waals surface area contributed by atoms with Crippen LogP contribution >= 0.6 is 0 Å². The smallest absolute Gasteiger partial charge is 0.354 e. The standard InChI is InChI=1S/C13H16N2O3/c16-12(15-7-9-3-1-2-4-9)10-5-6-11(13(17)18)14-8-10/h5-6,8-9H,1-4,7H2,(H,15,16)(H,17,18). The number of aromatic nitrogens is 1. The number of nitrogens with zero attached hydrogens (tertiary/aromatic N) is 1. The van der Waals surface area contributed by atoms with Crippen LogP contribution in [-0.2, 0) is 0 Å². The van der Waals surface area contributed by atoms with Crippen molar-refractivity contribution in [3.8, 4) is 0 Å². The zero-order chi connectivity index (χ0) is 13.0. The summed E-state index contributed by atoms with van der Waals surface area (Å²) in [6.07, 6.45) is 6.14. The fraction of sp³-hybridized carbons (Fsp3) is 0.462. The summed E-state index contributed by atoms with van der Waals surface area (Å²) in [6.45, 7) is 0.694. The van der Waals surface area contributed by atoms with Gasteiger partial charge in [-0.25, -0.2) is 9.78 Å². The van der Waals surface area contributed by atoms with Crippen molar-refractivity contribution in [2.75, 3.05) is 6.54 Å². The highest BCUT2D eigenvalue weighted by molar-refractivity contribution is 5.94. The molecule has 0 saturated heterocycles. The molecular weight excluding hydrogens is 232 g/mol. The molecule has 1 amide bonds. The summed E-state index contributed by atoms with van der Waals surface area (Å²) in [6, 6.07) is 2.83. The van der Waals surface area contributed by atoms with E-state index in [0.29, 0.717) is 18.0 Å². The van der Waals surface area contributed by atoms with E-state index in [4.69, 9.17) is 5.11 Å². The van der Waals surface area contributed by atoms with Crippen LogP contribution in [0.15, 0.2) is 18.3 Å². The van der Waals surface area contributed by atoms with Gasteiger partial charge in [0.15, 0.2) is 0 Å². The van der Waals surface area contributed by atoms with Gasteiger partial charge in [-0.1, -0.05) is 12.8 Å². The first-order valence-electron chi connectivity index (χ1n) is 6.14. The monoisotopic (exact) mass is 248 g/mol. The van der Waals surface area contributed by atoms with Gasteiger partial charge in [0.05, 0.1) is 5.56 Å². The van der Waals surface area contributed by atoms with Gasteiger partial charge in [-0.3, -0.25) is 4.79 Å². The summed E-state index contributed by atoms with van der Waals surface area (Å²) in [5.74, 6) is -0.695. The summed E-state index contributed by atoms with van der Waals surface area (Å²) < 4.78 is 0. The van der Waals surface area contributed by atoms with Crippen molar-refractivity contribution in [2.45, 2.75) is 25.7 Å². The number of nitrogens with one attached hydrogen (secondary N) is 1. The van der Waals surface area contributed by atoms with Crippen molar-refractivity contribution >= 4 is 11.9 Å². The Morgan fingerprint density at radius 2 is 2.06 bits per heavy atom. The average molecular weight is 248 g/mol. The van der Waals surface area contributed by atoms with E-state index in [-0.39, 0.29) is 11.6 Å². The maximum Gasteiger partial charge on any atom is 0.354 e. The van der Waals surface area contributed by atoms with Gasteiger partial charge in [0, 0.05) is 12.7 Å². The number of carbonyl (C=O) groups excluding carboxylic acids is 1. The van der Waals surface area contributed by atoms with Crippen molar-refractivity contribution in [1.29, 1.82) is 0 Å². The van der Waals surface area contributed by atoms with Gasteiger partial charge in [-0.2, -0.15) is 0 Å². The molecule has 0 aromatic carbocycles. The molecule has 0 bridgehead atoms. The van der Waals surface area contributed by atoms with E-state index in [1.165, 1.54) is 44.0 Å². The van der Waals surface area contributed by atoms with Gasteiger partial charge in [0.25, 0.3) is 5.91 Å². The molecule has 0 atom stereocenters. The minimum atomic E-state index is -1.09. The van der Waals surface area contributed by atoms with Crippen LogP contribution in [0.3, 0.4) is 0 Å². The third kappa shape index (κ3) is 3.06. The molecule has 1 saturated carbocycles. The van der Waals surface area contributed by atoms with Crippen LogP contribution in [0.1, 0.15) is 46.5 Å². The van der Waals surface area contributed by atoms with Gasteiger partial charge in [-0.05, 0) is 30.9 Å². The summed E-state index contributed by atoms with van der Waals surface area (Å²) in [5.41, 5.74) is 0.348. The van der Waals surface area contributed by atoms with E-state index in [0.717, 1.165) is 0 Å². The second-order valence-electron chi connectivity index (χ2n) is 4.60. The van der Waals surface area contributed by atoms with Crippen LogP contribution < -0.4 is 5.32 Å². The molecule has 1 aromatic heterocycles. The molecule has 5 heteroatoms. The molecule has 1 fully saturated rings. The van der Waals surface area contributed by atoms with E-state index in [1.807, 2.05) is 0 Å². The minimum Gasteiger partial charge on any atom is -0.477 e. The van der Waals surface area contributed by atoms with Gasteiger partial charge >= 0.3 is 5.97 Å². The lowest BCUT2D eigenvalue weighted by Crippen LogP contribution is -2.28. The fourth-order valence-corrected chi connectivity index (χ4v) is 2.21. The van der Waals surface area contributed by atoms with Crippen LogP contribution in [0.4, 0.5) is 0 Å². The molecule has 18 heavy (non-hydrogen) atoms. The fourth-order valence-electron chi connectivity index (χ4n) is 2.21. The van der Waals surface area contributed by atoms with Gasteiger partial charge < -0.3 is 10.4 Å². The van der Waals surface area contributed by atoms with E-state index < -0.39 is 5.97 Å². The van der Waals surface area contributed by atoms with Gasteiger partial charge in [0.1, 0.15) is 5.69 Å². The lowest BCUT2D eigenvalue weighted by atomic mass is 10.1. The number of aromatic carboxylic acids is 1. The number of hydrogen-bond acceptors (Lipinski definition) is 3. The van der Waals surface area contributed by atoms with Crippen LogP contribution in [0.25, 0.3) is 0 Å². The first-order valence-corrected chi connectivity index (χ1v) is 6.14. The van der Waals surface area contributed by atoms with Crippen LogP contribution in [-0.4, -0.2) is 28.5 Å². The summed E-state index contributed by atoms with van der Waals surface area (Å²) >= 11 is 0. The van der Waals surface area contributed by atoms with Crippen LogP contribution in [0.5, 0.6) is 0 Å². The summed E-state index contributed by atoms with van der Waals surface area (Å²) in [7, 11) is 0. The maximum atomic E-state index is 11.8. The second kappa shape index (κ2) is 5.62. The highest BCUT2D eigenvalue weighted by Gasteiger charge is 2.16. The quantitative estimate of drug-likeness (QED) is 0.850. The van der Waals surface area contributed by atoms with E-state index >= 15 is 0 Å². The van der Waals surface area contributed by atoms with Crippen molar-refractivity contribution < 1.29 is 14.7 Å². The lowest BCUT2D eigenvalue weighted by molar-refractivity contribution is 0.0689. The normalized spacial score (nSPS) is 15.6. The minimum absolute atomic E-state index is 0.0534. The van der Waals surface area contributed by atoms with Crippen molar-refractivity contribution in [2.24, 2.45) is 5.92 Å². The number of amides is 1. The van der Waals surface area contributed by atoms with Crippen LogP contribution in [0, 0.1) is 5.92 Å². The van der Waals surface area contributed by atoms with Crippen molar-refractivity contribution in [3.63, 3.8) is 0 Å². The Hall–Kier alpha value is -1.91. The largest absolute Gasteiger partial charge is 0.477 e. The Labute approximate surface area is 105 Å². The number of carboxylic acid groups (broad SMARTS) is 1. The Morgan fingerprint density at radius 3 is 2.61 bits per heavy atom. The molecule has 1 aliphatic carbocycles. The van der Waals surface area contributed by atoms with E-state index in [9.17, 15) is 9.59 Å². The number of rotatable bonds is 4. The Balaban J connectivity index is 1.89. The summed E-state index contributed by atoms with van der Waals surface area (Å²) in [5, 5.41) is 11.6. The Kier molecular flexibility index (Phi) is 3.92. The Morgan fingerprint density at radius 1 is 1.33 bits per heavy atom. The molecule has 1 heterocycles. The molecule has 96 valence electrons. The second-order valence-corrected chi connectivity index (χ2v) is 4.60. The van der Waals surface area contributed by atoms with Gasteiger partial charge in [-0.15, -0.1) is 0 Å². The molecule has 1 aromatic rings. The van der Waals surface area contributed by atoms with E-state index in [1.54, 1.807) is 0 Å².